The number of carbonyl (C=O) groups excluding carboxylic acids is 1. The summed E-state index contributed by atoms with van der Waals surface area (Å²) in [5.41, 5.74) is 1.18. The summed E-state index contributed by atoms with van der Waals surface area (Å²) in [4.78, 5) is 12.1. The van der Waals surface area contributed by atoms with Gasteiger partial charge in [-0.3, -0.25) is 4.79 Å². The molecule has 0 saturated heterocycles. The number of hydrogen-bond donors (Lipinski definition) is 2. The molecule has 0 aliphatic rings. The van der Waals surface area contributed by atoms with Gasteiger partial charge < -0.3 is 19.9 Å². The highest BCUT2D eigenvalue weighted by molar-refractivity contribution is 6.05. The lowest BCUT2D eigenvalue weighted by Gasteiger charge is -2.08. The Kier molecular flexibility index (Phi) is 5.03. The molecule has 0 unspecified atom stereocenters. The molecule has 0 heterocycles. The van der Waals surface area contributed by atoms with Crippen molar-refractivity contribution in [2.75, 3.05) is 19.5 Å². The van der Waals surface area contributed by atoms with Gasteiger partial charge in [-0.1, -0.05) is 6.07 Å². The Morgan fingerprint density at radius 3 is 2.55 bits per heavy atom. The maximum atomic E-state index is 12.1. The van der Waals surface area contributed by atoms with Gasteiger partial charge in [-0.2, -0.15) is 0 Å². The van der Waals surface area contributed by atoms with Gasteiger partial charge in [0.25, 0.3) is 0 Å². The van der Waals surface area contributed by atoms with Crippen molar-refractivity contribution in [1.29, 1.82) is 0 Å². The average molecular weight is 299 g/mol. The van der Waals surface area contributed by atoms with E-state index in [0.29, 0.717) is 22.7 Å². The molecule has 0 amide bonds. The third-order valence-electron chi connectivity index (χ3n) is 3.00. The van der Waals surface area contributed by atoms with E-state index >= 15 is 0 Å². The number of benzene rings is 2. The van der Waals surface area contributed by atoms with Crippen LogP contribution in [0.5, 0.6) is 17.2 Å². The van der Waals surface area contributed by atoms with E-state index in [9.17, 15) is 9.90 Å². The Hall–Kier alpha value is -2.95. The van der Waals surface area contributed by atoms with Gasteiger partial charge in [0, 0.05) is 29.6 Å². The van der Waals surface area contributed by atoms with Gasteiger partial charge in [-0.05, 0) is 30.3 Å². The van der Waals surface area contributed by atoms with E-state index in [4.69, 9.17) is 9.47 Å². The zero-order valence-electron chi connectivity index (χ0n) is 12.4. The van der Waals surface area contributed by atoms with E-state index in [1.54, 1.807) is 49.6 Å². The largest absolute Gasteiger partial charge is 0.508 e. The maximum Gasteiger partial charge on any atom is 0.187 e. The Bertz CT molecular complexity index is 695. The minimum Gasteiger partial charge on any atom is -0.508 e. The van der Waals surface area contributed by atoms with Crippen molar-refractivity contribution in [3.63, 3.8) is 0 Å². The molecular formula is C17H17NO4. The first-order chi connectivity index (χ1) is 10.6. The van der Waals surface area contributed by atoms with Crippen LogP contribution in [0.2, 0.25) is 0 Å². The molecule has 2 aromatic rings. The number of rotatable bonds is 6. The van der Waals surface area contributed by atoms with Crippen LogP contribution in [0.25, 0.3) is 0 Å². The molecule has 2 N–H and O–H groups in total. The van der Waals surface area contributed by atoms with Gasteiger partial charge in [0.1, 0.15) is 5.75 Å². The summed E-state index contributed by atoms with van der Waals surface area (Å²) in [7, 11) is 3.06. The smallest absolute Gasteiger partial charge is 0.187 e. The summed E-state index contributed by atoms with van der Waals surface area (Å²) >= 11 is 0. The number of aromatic hydroxyl groups is 1. The molecule has 0 atom stereocenters. The van der Waals surface area contributed by atoms with Gasteiger partial charge >= 0.3 is 0 Å². The van der Waals surface area contributed by atoms with Crippen molar-refractivity contribution in [2.24, 2.45) is 0 Å². The van der Waals surface area contributed by atoms with Crippen molar-refractivity contribution in [3.05, 3.63) is 60.3 Å². The minimum absolute atomic E-state index is 0.157. The number of ether oxygens (including phenoxy) is 2. The van der Waals surface area contributed by atoms with E-state index < -0.39 is 0 Å². The molecule has 0 radical (unpaired) electrons. The Labute approximate surface area is 128 Å². The van der Waals surface area contributed by atoms with E-state index in [-0.39, 0.29) is 11.5 Å². The van der Waals surface area contributed by atoms with Crippen molar-refractivity contribution < 1.29 is 19.4 Å². The molecule has 2 aromatic carbocycles. The predicted molar refractivity (Wildman–Crippen MR) is 84.7 cm³/mol. The number of nitrogens with one attached hydrogen (secondary N) is 1. The highest BCUT2D eigenvalue weighted by Gasteiger charge is 2.08. The molecule has 22 heavy (non-hydrogen) atoms. The third kappa shape index (κ3) is 3.79. The molecule has 5 nitrogen and oxygen atoms in total. The summed E-state index contributed by atoms with van der Waals surface area (Å²) in [5, 5.41) is 12.3. The standard InChI is InChI=1S/C17H17NO4/c1-21-16-7-6-12(10-17(16)22-2)15(20)8-9-18-13-4-3-5-14(19)11-13/h3-11,18-19H,1-2H3/b9-8+. The highest BCUT2D eigenvalue weighted by atomic mass is 16.5. The van der Waals surface area contributed by atoms with Crippen LogP contribution in [0.1, 0.15) is 10.4 Å². The Morgan fingerprint density at radius 1 is 1.09 bits per heavy atom. The average Bonchev–Trinajstić information content (AvgIpc) is 2.54. The first-order valence-corrected chi connectivity index (χ1v) is 6.62. The van der Waals surface area contributed by atoms with Crippen LogP contribution >= 0.6 is 0 Å². The molecule has 114 valence electrons. The van der Waals surface area contributed by atoms with Crippen LogP contribution < -0.4 is 14.8 Å². The van der Waals surface area contributed by atoms with Crippen molar-refractivity contribution in [1.82, 2.24) is 0 Å². The second kappa shape index (κ2) is 7.17. The Morgan fingerprint density at radius 2 is 1.86 bits per heavy atom. The third-order valence-corrected chi connectivity index (χ3v) is 3.00. The van der Waals surface area contributed by atoms with Crippen LogP contribution in [0.4, 0.5) is 5.69 Å². The van der Waals surface area contributed by atoms with E-state index in [1.807, 2.05) is 0 Å². The summed E-state index contributed by atoms with van der Waals surface area (Å²) in [5.74, 6) is 1.06. The number of ketones is 1. The molecular weight excluding hydrogens is 282 g/mol. The predicted octanol–water partition coefficient (Wildman–Crippen LogP) is 3.22. The van der Waals surface area contributed by atoms with Crippen molar-refractivity contribution in [2.45, 2.75) is 0 Å². The number of anilines is 1. The fourth-order valence-corrected chi connectivity index (χ4v) is 1.89. The van der Waals surface area contributed by atoms with E-state index in [1.165, 1.54) is 19.4 Å². The number of allylic oxidation sites excluding steroid dienone is 1. The second-order valence-corrected chi connectivity index (χ2v) is 4.46. The lowest BCUT2D eigenvalue weighted by atomic mass is 10.1. The second-order valence-electron chi connectivity index (χ2n) is 4.46. The summed E-state index contributed by atoms with van der Waals surface area (Å²) in [6.07, 6.45) is 2.93. The van der Waals surface area contributed by atoms with Crippen LogP contribution in [-0.4, -0.2) is 25.1 Å². The quantitative estimate of drug-likeness (QED) is 0.633. The first kappa shape index (κ1) is 15.4. The van der Waals surface area contributed by atoms with Gasteiger partial charge in [0.2, 0.25) is 0 Å². The monoisotopic (exact) mass is 299 g/mol. The van der Waals surface area contributed by atoms with Crippen LogP contribution in [0.3, 0.4) is 0 Å². The SMILES string of the molecule is COc1ccc(C(=O)/C=C/Nc2cccc(O)c2)cc1OC. The van der Waals surface area contributed by atoms with Gasteiger partial charge in [-0.25, -0.2) is 0 Å². The molecule has 2 rings (SSSR count). The number of methoxy groups -OCH3 is 2. The van der Waals surface area contributed by atoms with E-state index in [2.05, 4.69) is 5.32 Å². The number of phenols is 1. The molecule has 0 aliphatic heterocycles. The van der Waals surface area contributed by atoms with E-state index in [0.717, 1.165) is 0 Å². The van der Waals surface area contributed by atoms with Crippen LogP contribution in [-0.2, 0) is 0 Å². The van der Waals surface area contributed by atoms with Gasteiger partial charge in [-0.15, -0.1) is 0 Å². The van der Waals surface area contributed by atoms with Crippen LogP contribution in [0.15, 0.2) is 54.7 Å². The summed E-state index contributed by atoms with van der Waals surface area (Å²) < 4.78 is 10.3. The minimum atomic E-state index is -0.173. The van der Waals surface area contributed by atoms with Crippen LogP contribution in [0, 0.1) is 0 Å². The lowest BCUT2D eigenvalue weighted by molar-refractivity contribution is 0.104. The lowest BCUT2D eigenvalue weighted by Crippen LogP contribution is -1.98. The maximum absolute atomic E-state index is 12.1. The molecule has 0 fully saturated rings. The molecule has 5 heteroatoms. The molecule has 0 aromatic heterocycles. The Balaban J connectivity index is 2.07. The zero-order valence-corrected chi connectivity index (χ0v) is 12.4. The fourth-order valence-electron chi connectivity index (χ4n) is 1.89. The number of carbonyl (C=O) groups is 1. The molecule has 0 bridgehead atoms. The number of phenolic OH excluding ortho intramolecular Hbond substituents is 1. The number of hydrogen-bond acceptors (Lipinski definition) is 5. The van der Waals surface area contributed by atoms with Gasteiger partial charge in [0.05, 0.1) is 14.2 Å². The van der Waals surface area contributed by atoms with Crippen molar-refractivity contribution in [3.8, 4) is 17.2 Å². The topological polar surface area (TPSA) is 67.8 Å². The van der Waals surface area contributed by atoms with Gasteiger partial charge in [0.15, 0.2) is 17.3 Å². The first-order valence-electron chi connectivity index (χ1n) is 6.62. The highest BCUT2D eigenvalue weighted by Crippen LogP contribution is 2.27. The fraction of sp³-hybridized carbons (Fsp3) is 0.118. The molecule has 0 spiro atoms. The molecule has 0 saturated carbocycles. The normalized spacial score (nSPS) is 10.5. The van der Waals surface area contributed by atoms with Crippen molar-refractivity contribution >= 4 is 11.5 Å². The zero-order chi connectivity index (χ0) is 15.9. The summed E-state index contributed by atoms with van der Waals surface area (Å²) in [6, 6.07) is 11.6. The summed E-state index contributed by atoms with van der Waals surface area (Å²) in [6.45, 7) is 0. The molecule has 0 aliphatic carbocycles.